The van der Waals surface area contributed by atoms with Gasteiger partial charge in [-0.3, -0.25) is 0 Å². The summed E-state index contributed by atoms with van der Waals surface area (Å²) in [6.45, 7) is 9.09. The molecule has 0 unspecified atom stereocenters. The van der Waals surface area contributed by atoms with E-state index in [0.717, 1.165) is 6.42 Å². The van der Waals surface area contributed by atoms with E-state index in [-0.39, 0.29) is 0 Å². The van der Waals surface area contributed by atoms with Crippen LogP contribution in [0, 0.1) is 19.3 Å². The fourth-order valence-corrected chi connectivity index (χ4v) is 2.02. The molecule has 0 aliphatic carbocycles. The smallest absolute Gasteiger partial charge is 0.0152 e. The van der Waals surface area contributed by atoms with Crippen molar-refractivity contribution in [1.29, 1.82) is 5.41 Å². The van der Waals surface area contributed by atoms with E-state index in [0.29, 0.717) is 0 Å². The van der Waals surface area contributed by atoms with Crippen molar-refractivity contribution in [2.45, 2.75) is 27.2 Å². The molecular weight excluding hydrogens is 194 g/mol. The van der Waals surface area contributed by atoms with E-state index in [9.17, 15) is 0 Å². The normalized spacial score (nSPS) is 9.69. The number of fused-ring (bicyclic) bond motifs is 1. The summed E-state index contributed by atoms with van der Waals surface area (Å²) in [6.07, 6.45) is 1.12. The van der Waals surface area contributed by atoms with Gasteiger partial charge in [0.1, 0.15) is 0 Å². The second-order valence-electron chi connectivity index (χ2n) is 3.93. The van der Waals surface area contributed by atoms with Crippen molar-refractivity contribution in [3.63, 3.8) is 0 Å². The number of benzene rings is 2. The Kier molecular flexibility index (Phi) is 4.24. The van der Waals surface area contributed by atoms with Gasteiger partial charge in [-0.2, -0.15) is 0 Å². The molecule has 0 aliphatic rings. The quantitative estimate of drug-likeness (QED) is 0.683. The standard InChI is InChI=1S/C14H16.CH3N/c1-4-12-9-13-7-5-6-10(2)14(13)8-11(12)3;1-2/h5-9H,4H2,1-3H3;2H,1H2. The van der Waals surface area contributed by atoms with Crippen molar-refractivity contribution >= 4 is 17.5 Å². The van der Waals surface area contributed by atoms with Crippen LogP contribution in [0.3, 0.4) is 0 Å². The van der Waals surface area contributed by atoms with Gasteiger partial charge < -0.3 is 5.41 Å². The topological polar surface area (TPSA) is 23.9 Å². The predicted molar refractivity (Wildman–Crippen MR) is 72.6 cm³/mol. The Labute approximate surface area is 97.6 Å². The van der Waals surface area contributed by atoms with Crippen LogP contribution in [0.4, 0.5) is 0 Å². The van der Waals surface area contributed by atoms with Crippen molar-refractivity contribution in [3.8, 4) is 0 Å². The Morgan fingerprint density at radius 2 is 1.75 bits per heavy atom. The molecule has 0 saturated heterocycles. The Morgan fingerprint density at radius 1 is 1.06 bits per heavy atom. The molecular formula is C15H19N. The van der Waals surface area contributed by atoms with Crippen LogP contribution in [0.15, 0.2) is 30.3 Å². The molecule has 1 N–H and O–H groups in total. The van der Waals surface area contributed by atoms with Crippen molar-refractivity contribution < 1.29 is 0 Å². The van der Waals surface area contributed by atoms with E-state index < -0.39 is 0 Å². The van der Waals surface area contributed by atoms with Crippen molar-refractivity contribution in [2.75, 3.05) is 0 Å². The highest BCUT2D eigenvalue weighted by atomic mass is 14.2. The third-order valence-electron chi connectivity index (χ3n) is 2.94. The molecule has 2 rings (SSSR count). The van der Waals surface area contributed by atoms with E-state index in [4.69, 9.17) is 5.41 Å². The second kappa shape index (κ2) is 5.45. The summed E-state index contributed by atoms with van der Waals surface area (Å²) in [5.41, 5.74) is 4.24. The maximum Gasteiger partial charge on any atom is -0.0152 e. The van der Waals surface area contributed by atoms with Crippen molar-refractivity contribution in [1.82, 2.24) is 0 Å². The molecule has 0 fully saturated rings. The Balaban J connectivity index is 0.000000606. The molecule has 1 nitrogen and oxygen atoms in total. The number of aryl methyl sites for hydroxylation is 3. The van der Waals surface area contributed by atoms with Crippen LogP contribution in [0.1, 0.15) is 23.6 Å². The van der Waals surface area contributed by atoms with Crippen molar-refractivity contribution in [3.05, 3.63) is 47.0 Å². The lowest BCUT2D eigenvalue weighted by Crippen LogP contribution is -1.88. The molecule has 0 atom stereocenters. The molecule has 0 amide bonds. The molecule has 2 aromatic rings. The molecule has 2 aromatic carbocycles. The minimum Gasteiger partial charge on any atom is -0.317 e. The summed E-state index contributed by atoms with van der Waals surface area (Å²) in [5, 5.41) is 8.26. The van der Waals surface area contributed by atoms with Gasteiger partial charge in [0.05, 0.1) is 0 Å². The van der Waals surface area contributed by atoms with Gasteiger partial charge in [-0.05, 0) is 54.4 Å². The first-order chi connectivity index (χ1) is 7.72. The predicted octanol–water partition coefficient (Wildman–Crippen LogP) is 4.28. The number of hydrogen-bond donors (Lipinski definition) is 1. The zero-order valence-corrected chi connectivity index (χ0v) is 10.3. The van der Waals surface area contributed by atoms with Crippen LogP contribution >= 0.6 is 0 Å². The zero-order valence-electron chi connectivity index (χ0n) is 10.3. The van der Waals surface area contributed by atoms with Gasteiger partial charge in [-0.15, -0.1) is 0 Å². The highest BCUT2D eigenvalue weighted by Crippen LogP contribution is 2.22. The van der Waals surface area contributed by atoms with Crippen LogP contribution in [0.2, 0.25) is 0 Å². The Hall–Kier alpha value is -1.63. The average Bonchev–Trinajstić information content (AvgIpc) is 2.32. The van der Waals surface area contributed by atoms with Crippen LogP contribution in [-0.4, -0.2) is 6.72 Å². The molecule has 0 spiro atoms. The maximum atomic E-state index is 5.50. The van der Waals surface area contributed by atoms with Gasteiger partial charge in [0, 0.05) is 0 Å². The van der Waals surface area contributed by atoms with Gasteiger partial charge in [-0.25, -0.2) is 0 Å². The molecule has 1 heteroatoms. The zero-order chi connectivity index (χ0) is 12.1. The highest BCUT2D eigenvalue weighted by molar-refractivity contribution is 5.87. The Bertz CT molecular complexity index is 486. The maximum absolute atomic E-state index is 5.50. The van der Waals surface area contributed by atoms with Crippen LogP contribution in [0.5, 0.6) is 0 Å². The first kappa shape index (κ1) is 12.4. The SMILES string of the molecule is C=N.CCc1cc2cccc(C)c2cc1C. The summed E-state index contributed by atoms with van der Waals surface area (Å²) >= 11 is 0. The molecule has 0 saturated carbocycles. The molecule has 0 heterocycles. The second-order valence-corrected chi connectivity index (χ2v) is 3.93. The lowest BCUT2D eigenvalue weighted by Gasteiger charge is -2.07. The van der Waals surface area contributed by atoms with Gasteiger partial charge in [0.2, 0.25) is 0 Å². The number of rotatable bonds is 1. The summed E-state index contributed by atoms with van der Waals surface area (Å²) in [6, 6.07) is 11.1. The van der Waals surface area contributed by atoms with Gasteiger partial charge in [0.15, 0.2) is 0 Å². The minimum atomic E-state index is 1.12. The Morgan fingerprint density at radius 3 is 2.38 bits per heavy atom. The van der Waals surface area contributed by atoms with Gasteiger partial charge in [-0.1, -0.05) is 37.3 Å². The van der Waals surface area contributed by atoms with Gasteiger partial charge in [0.25, 0.3) is 0 Å². The van der Waals surface area contributed by atoms with E-state index in [1.54, 1.807) is 0 Å². The summed E-state index contributed by atoms with van der Waals surface area (Å²) < 4.78 is 0. The van der Waals surface area contributed by atoms with E-state index in [2.05, 4.69) is 57.8 Å². The van der Waals surface area contributed by atoms with E-state index in [1.807, 2.05) is 0 Å². The van der Waals surface area contributed by atoms with Crippen LogP contribution in [-0.2, 0) is 6.42 Å². The van der Waals surface area contributed by atoms with Crippen molar-refractivity contribution in [2.24, 2.45) is 0 Å². The monoisotopic (exact) mass is 213 g/mol. The van der Waals surface area contributed by atoms with Gasteiger partial charge >= 0.3 is 0 Å². The number of hydrogen-bond acceptors (Lipinski definition) is 1. The van der Waals surface area contributed by atoms with Crippen LogP contribution in [0.25, 0.3) is 10.8 Å². The third-order valence-corrected chi connectivity index (χ3v) is 2.94. The third kappa shape index (κ3) is 2.30. The average molecular weight is 213 g/mol. The first-order valence-electron chi connectivity index (χ1n) is 5.56. The highest BCUT2D eigenvalue weighted by Gasteiger charge is 2.01. The molecule has 84 valence electrons. The van der Waals surface area contributed by atoms with Crippen LogP contribution < -0.4 is 0 Å². The molecule has 0 radical (unpaired) electrons. The van der Waals surface area contributed by atoms with E-state index in [1.165, 1.54) is 27.5 Å². The fourth-order valence-electron chi connectivity index (χ4n) is 2.02. The summed E-state index contributed by atoms with van der Waals surface area (Å²) in [5.74, 6) is 0. The molecule has 0 aromatic heterocycles. The molecule has 0 bridgehead atoms. The largest absolute Gasteiger partial charge is 0.317 e. The first-order valence-corrected chi connectivity index (χ1v) is 5.56. The number of nitrogens with one attached hydrogen (secondary N) is 1. The molecule has 16 heavy (non-hydrogen) atoms. The molecule has 0 aliphatic heterocycles. The van der Waals surface area contributed by atoms with E-state index >= 15 is 0 Å². The lowest BCUT2D eigenvalue weighted by molar-refractivity contribution is 1.12. The lowest BCUT2D eigenvalue weighted by atomic mass is 9.98. The summed E-state index contributed by atoms with van der Waals surface area (Å²) in [4.78, 5) is 0. The minimum absolute atomic E-state index is 1.12. The fraction of sp³-hybridized carbons (Fsp3) is 0.267. The summed E-state index contributed by atoms with van der Waals surface area (Å²) in [7, 11) is 0.